The number of anilines is 2. The van der Waals surface area contributed by atoms with Gasteiger partial charge in [0.05, 0.1) is 18.9 Å². The van der Waals surface area contributed by atoms with Crippen molar-refractivity contribution in [1.29, 1.82) is 0 Å². The Morgan fingerprint density at radius 1 is 1.19 bits per heavy atom. The van der Waals surface area contributed by atoms with Crippen LogP contribution in [0.2, 0.25) is 0 Å². The van der Waals surface area contributed by atoms with Crippen LogP contribution in [0.5, 0.6) is 5.88 Å². The molecular formula is C24H25N5O2. The lowest BCUT2D eigenvalue weighted by molar-refractivity contribution is 0.218. The van der Waals surface area contributed by atoms with Crippen LogP contribution in [-0.4, -0.2) is 37.7 Å². The molecule has 0 radical (unpaired) electrons. The summed E-state index contributed by atoms with van der Waals surface area (Å²) in [7, 11) is 0. The summed E-state index contributed by atoms with van der Waals surface area (Å²) in [6.07, 6.45) is 9.41. The number of pyridine rings is 1. The van der Waals surface area contributed by atoms with E-state index in [2.05, 4.69) is 21.4 Å². The van der Waals surface area contributed by atoms with E-state index in [1.807, 2.05) is 61.1 Å². The average Bonchev–Trinajstić information content (AvgIpc) is 3.28. The maximum Gasteiger partial charge on any atom is 0.216 e. The molecule has 31 heavy (non-hydrogen) atoms. The second-order valence-corrected chi connectivity index (χ2v) is 8.52. The number of hydrogen-bond acceptors (Lipinski definition) is 6. The molecule has 0 spiro atoms. The van der Waals surface area contributed by atoms with Crippen LogP contribution >= 0.6 is 0 Å². The molecule has 0 unspecified atom stereocenters. The molecule has 7 nitrogen and oxygen atoms in total. The van der Waals surface area contributed by atoms with E-state index in [4.69, 9.17) is 9.72 Å². The maximum atomic E-state index is 9.61. The van der Waals surface area contributed by atoms with Gasteiger partial charge in [-0.1, -0.05) is 26.0 Å². The van der Waals surface area contributed by atoms with E-state index in [1.165, 1.54) is 0 Å². The Kier molecular flexibility index (Phi) is 4.82. The molecule has 1 aromatic carbocycles. The van der Waals surface area contributed by atoms with Crippen LogP contribution in [0.1, 0.15) is 31.4 Å². The van der Waals surface area contributed by atoms with Gasteiger partial charge in [-0.2, -0.15) is 0 Å². The van der Waals surface area contributed by atoms with Gasteiger partial charge in [0.1, 0.15) is 0 Å². The summed E-state index contributed by atoms with van der Waals surface area (Å²) in [6.45, 7) is 4.86. The zero-order chi connectivity index (χ0) is 21.4. The molecule has 7 heteroatoms. The van der Waals surface area contributed by atoms with Gasteiger partial charge in [0, 0.05) is 47.0 Å². The van der Waals surface area contributed by atoms with Crippen molar-refractivity contribution in [3.8, 4) is 17.1 Å². The number of nitrogens with zero attached hydrogens (tertiary/aromatic N) is 4. The fourth-order valence-electron chi connectivity index (χ4n) is 3.77. The number of aliphatic hydroxyl groups excluding tert-OH is 1. The molecule has 0 fully saturated rings. The highest BCUT2D eigenvalue weighted by Gasteiger charge is 2.19. The van der Waals surface area contributed by atoms with Crippen molar-refractivity contribution < 1.29 is 9.84 Å². The molecule has 0 bridgehead atoms. The lowest BCUT2D eigenvalue weighted by Crippen LogP contribution is -2.21. The Hall–Kier alpha value is -3.45. The standard InChI is InChI=1S/C24H25N5O2/c1-24(2,15-30)18-5-7-19(8-6-18)27-21-22-25-9-10-29(22)14-20(28-21)17-12-16-4-3-11-31-23(16)26-13-17/h5-10,12-14,30H,3-4,11,15H2,1-2H3,(H,27,28). The molecule has 1 aliphatic heterocycles. The molecule has 5 rings (SSSR count). The Labute approximate surface area is 180 Å². The fraction of sp³-hybridized carbons (Fsp3) is 0.292. The second kappa shape index (κ2) is 7.67. The lowest BCUT2D eigenvalue weighted by Gasteiger charge is -2.22. The van der Waals surface area contributed by atoms with Crippen LogP contribution in [0.3, 0.4) is 0 Å². The number of rotatable bonds is 5. The van der Waals surface area contributed by atoms with E-state index in [9.17, 15) is 5.11 Å². The minimum absolute atomic E-state index is 0.0952. The first-order chi connectivity index (χ1) is 15.0. The summed E-state index contributed by atoms with van der Waals surface area (Å²) in [4.78, 5) is 13.8. The van der Waals surface area contributed by atoms with Gasteiger partial charge < -0.3 is 19.6 Å². The predicted octanol–water partition coefficient (Wildman–Crippen LogP) is 4.13. The SMILES string of the molecule is CC(C)(CO)c1ccc(Nc2nc(-c3cnc4c(c3)CCCO4)cn3ccnc23)cc1. The molecule has 4 aromatic rings. The molecule has 158 valence electrons. The first kappa shape index (κ1) is 19.5. The van der Waals surface area contributed by atoms with E-state index in [0.29, 0.717) is 5.82 Å². The summed E-state index contributed by atoms with van der Waals surface area (Å²) < 4.78 is 7.60. The highest BCUT2D eigenvalue weighted by molar-refractivity contribution is 5.74. The van der Waals surface area contributed by atoms with E-state index < -0.39 is 0 Å². The smallest absolute Gasteiger partial charge is 0.216 e. The number of hydrogen-bond donors (Lipinski definition) is 2. The van der Waals surface area contributed by atoms with Gasteiger partial charge in [-0.25, -0.2) is 15.0 Å². The number of aromatic nitrogens is 4. The molecule has 4 heterocycles. The van der Waals surface area contributed by atoms with Gasteiger partial charge in [0.25, 0.3) is 0 Å². The van der Waals surface area contributed by atoms with E-state index >= 15 is 0 Å². The van der Waals surface area contributed by atoms with Gasteiger partial charge in [0.2, 0.25) is 5.88 Å². The second-order valence-electron chi connectivity index (χ2n) is 8.52. The van der Waals surface area contributed by atoms with E-state index in [0.717, 1.165) is 59.0 Å². The molecule has 0 saturated heterocycles. The van der Waals surface area contributed by atoms with Gasteiger partial charge >= 0.3 is 0 Å². The van der Waals surface area contributed by atoms with Crippen molar-refractivity contribution in [3.63, 3.8) is 0 Å². The third kappa shape index (κ3) is 3.72. The quantitative estimate of drug-likeness (QED) is 0.510. The van der Waals surface area contributed by atoms with Crippen LogP contribution in [0, 0.1) is 0 Å². The average molecular weight is 415 g/mol. The van der Waals surface area contributed by atoms with Crippen LogP contribution < -0.4 is 10.1 Å². The Bertz CT molecular complexity index is 1230. The van der Waals surface area contributed by atoms with Crippen LogP contribution in [-0.2, 0) is 11.8 Å². The zero-order valence-electron chi connectivity index (χ0n) is 17.7. The minimum atomic E-state index is -0.282. The predicted molar refractivity (Wildman–Crippen MR) is 120 cm³/mol. The van der Waals surface area contributed by atoms with Crippen molar-refractivity contribution in [3.05, 3.63) is 66.2 Å². The summed E-state index contributed by atoms with van der Waals surface area (Å²) in [6, 6.07) is 10.2. The lowest BCUT2D eigenvalue weighted by atomic mass is 9.85. The molecule has 0 aliphatic carbocycles. The monoisotopic (exact) mass is 415 g/mol. The third-order valence-electron chi connectivity index (χ3n) is 5.75. The number of nitrogens with one attached hydrogen (secondary N) is 1. The zero-order valence-corrected chi connectivity index (χ0v) is 17.7. The Balaban J connectivity index is 1.50. The highest BCUT2D eigenvalue weighted by Crippen LogP contribution is 2.30. The topological polar surface area (TPSA) is 84.6 Å². The molecular weight excluding hydrogens is 390 g/mol. The summed E-state index contributed by atoms with van der Waals surface area (Å²) in [5.41, 5.74) is 5.33. The number of aliphatic hydroxyl groups is 1. The summed E-state index contributed by atoms with van der Waals surface area (Å²) >= 11 is 0. The molecule has 0 amide bonds. The van der Waals surface area contributed by atoms with Crippen molar-refractivity contribution >= 4 is 17.2 Å². The van der Waals surface area contributed by atoms with Gasteiger partial charge in [0.15, 0.2) is 11.5 Å². The number of fused-ring (bicyclic) bond motifs is 2. The first-order valence-electron chi connectivity index (χ1n) is 10.5. The van der Waals surface area contributed by atoms with E-state index in [-0.39, 0.29) is 12.0 Å². The van der Waals surface area contributed by atoms with Crippen molar-refractivity contribution in [2.45, 2.75) is 32.1 Å². The van der Waals surface area contributed by atoms with Crippen molar-refractivity contribution in [1.82, 2.24) is 19.4 Å². The molecule has 3 aromatic heterocycles. The normalized spacial score (nSPS) is 13.6. The van der Waals surface area contributed by atoms with Crippen LogP contribution in [0.4, 0.5) is 11.5 Å². The number of imidazole rings is 1. The van der Waals surface area contributed by atoms with Crippen molar-refractivity contribution in [2.75, 3.05) is 18.5 Å². The van der Waals surface area contributed by atoms with E-state index in [1.54, 1.807) is 6.20 Å². The Morgan fingerprint density at radius 3 is 2.84 bits per heavy atom. The van der Waals surface area contributed by atoms with Crippen molar-refractivity contribution in [2.24, 2.45) is 0 Å². The summed E-state index contributed by atoms with van der Waals surface area (Å²) in [5, 5.41) is 13.0. The third-order valence-corrected chi connectivity index (χ3v) is 5.75. The molecule has 0 saturated carbocycles. The number of ether oxygens (including phenoxy) is 1. The number of aryl methyl sites for hydroxylation is 1. The fourth-order valence-corrected chi connectivity index (χ4v) is 3.77. The van der Waals surface area contributed by atoms with Gasteiger partial charge in [-0.3, -0.25) is 0 Å². The Morgan fingerprint density at radius 2 is 2.03 bits per heavy atom. The van der Waals surface area contributed by atoms with Crippen LogP contribution in [0.15, 0.2) is 55.1 Å². The maximum absolute atomic E-state index is 9.61. The van der Waals surface area contributed by atoms with Gasteiger partial charge in [-0.15, -0.1) is 0 Å². The largest absolute Gasteiger partial charge is 0.477 e. The number of benzene rings is 1. The molecule has 0 atom stereocenters. The first-order valence-corrected chi connectivity index (χ1v) is 10.5. The molecule has 1 aliphatic rings. The minimum Gasteiger partial charge on any atom is -0.477 e. The highest BCUT2D eigenvalue weighted by atomic mass is 16.5. The molecule has 2 N–H and O–H groups in total. The van der Waals surface area contributed by atoms with Gasteiger partial charge in [-0.05, 0) is 36.6 Å². The van der Waals surface area contributed by atoms with Crippen LogP contribution in [0.25, 0.3) is 16.9 Å². The summed E-state index contributed by atoms with van der Waals surface area (Å²) in [5.74, 6) is 1.40.